The maximum absolute atomic E-state index is 11.6. The molecule has 0 saturated heterocycles. The van der Waals surface area contributed by atoms with Gasteiger partial charge in [-0.25, -0.2) is 9.59 Å². The van der Waals surface area contributed by atoms with Crippen LogP contribution in [0.25, 0.3) is 0 Å². The third-order valence-corrected chi connectivity index (χ3v) is 2.48. The summed E-state index contributed by atoms with van der Waals surface area (Å²) >= 11 is 0. The van der Waals surface area contributed by atoms with Crippen LogP contribution in [0.15, 0.2) is 24.3 Å². The zero-order valence-electron chi connectivity index (χ0n) is 10.9. The highest BCUT2D eigenvalue weighted by molar-refractivity contribution is 5.96. The summed E-state index contributed by atoms with van der Waals surface area (Å²) in [6.45, 7) is 3.35. The van der Waals surface area contributed by atoms with Crippen LogP contribution in [0.3, 0.4) is 0 Å². The highest BCUT2D eigenvalue weighted by Gasteiger charge is 2.29. The monoisotopic (exact) mass is 251 g/mol. The topological polar surface area (TPSA) is 64.6 Å². The summed E-state index contributed by atoms with van der Waals surface area (Å²) in [7, 11) is 2.63. The van der Waals surface area contributed by atoms with Gasteiger partial charge in [-0.1, -0.05) is 12.1 Å². The summed E-state index contributed by atoms with van der Waals surface area (Å²) in [5.74, 6) is -0.874. The van der Waals surface area contributed by atoms with Gasteiger partial charge in [-0.05, 0) is 26.0 Å². The van der Waals surface area contributed by atoms with Crippen LogP contribution in [-0.4, -0.2) is 31.7 Å². The van der Waals surface area contributed by atoms with E-state index in [0.717, 1.165) is 0 Å². The molecule has 0 spiro atoms. The number of anilines is 1. The summed E-state index contributed by atoms with van der Waals surface area (Å²) in [4.78, 5) is 23.2. The van der Waals surface area contributed by atoms with E-state index in [4.69, 9.17) is 4.74 Å². The highest BCUT2D eigenvalue weighted by atomic mass is 16.5. The zero-order chi connectivity index (χ0) is 13.8. The molecule has 0 aliphatic heterocycles. The van der Waals surface area contributed by atoms with E-state index in [1.54, 1.807) is 38.1 Å². The summed E-state index contributed by atoms with van der Waals surface area (Å²) < 4.78 is 9.38. The number of esters is 2. The van der Waals surface area contributed by atoms with E-state index < -0.39 is 17.5 Å². The largest absolute Gasteiger partial charge is 0.467 e. The molecule has 0 aliphatic rings. The van der Waals surface area contributed by atoms with Gasteiger partial charge in [0.25, 0.3) is 0 Å². The van der Waals surface area contributed by atoms with Crippen LogP contribution in [0.2, 0.25) is 0 Å². The second-order valence-electron chi connectivity index (χ2n) is 4.28. The lowest BCUT2D eigenvalue weighted by atomic mass is 10.0. The first-order valence-electron chi connectivity index (χ1n) is 5.46. The lowest BCUT2D eigenvalue weighted by Gasteiger charge is -2.25. The molecule has 1 N–H and O–H groups in total. The number of hydrogen-bond acceptors (Lipinski definition) is 5. The normalized spacial score (nSPS) is 10.7. The van der Waals surface area contributed by atoms with Gasteiger partial charge >= 0.3 is 11.9 Å². The molecule has 0 saturated carbocycles. The number of methoxy groups -OCH3 is 2. The Morgan fingerprint density at radius 1 is 1.11 bits per heavy atom. The molecule has 0 heterocycles. The molecule has 0 radical (unpaired) electrons. The Balaban J connectivity index is 3.04. The molecule has 0 atom stereocenters. The van der Waals surface area contributed by atoms with Crippen molar-refractivity contribution in [1.82, 2.24) is 0 Å². The number of benzene rings is 1. The van der Waals surface area contributed by atoms with Crippen molar-refractivity contribution in [1.29, 1.82) is 0 Å². The van der Waals surface area contributed by atoms with Gasteiger partial charge in [-0.2, -0.15) is 0 Å². The number of hydrogen-bond donors (Lipinski definition) is 1. The highest BCUT2D eigenvalue weighted by Crippen LogP contribution is 2.21. The Morgan fingerprint density at radius 3 is 2.28 bits per heavy atom. The minimum atomic E-state index is -0.932. The summed E-state index contributed by atoms with van der Waals surface area (Å²) in [6, 6.07) is 6.82. The number of para-hydroxylation sites is 1. The summed E-state index contributed by atoms with van der Waals surface area (Å²) in [5.41, 5.74) is -0.0319. The van der Waals surface area contributed by atoms with E-state index in [1.807, 2.05) is 0 Å². The minimum Gasteiger partial charge on any atom is -0.467 e. The number of carbonyl (C=O) groups excluding carboxylic acids is 2. The Hall–Kier alpha value is -2.04. The number of ether oxygens (including phenoxy) is 2. The van der Waals surface area contributed by atoms with Gasteiger partial charge < -0.3 is 14.8 Å². The molecule has 0 bridgehead atoms. The Labute approximate surface area is 106 Å². The Bertz CT molecular complexity index is 454. The van der Waals surface area contributed by atoms with Gasteiger partial charge in [0.2, 0.25) is 0 Å². The van der Waals surface area contributed by atoms with Gasteiger partial charge in [-0.3, -0.25) is 0 Å². The first kappa shape index (κ1) is 14.0. The molecule has 0 aromatic heterocycles. The van der Waals surface area contributed by atoms with E-state index in [-0.39, 0.29) is 0 Å². The molecule has 5 nitrogen and oxygen atoms in total. The lowest BCUT2D eigenvalue weighted by Crippen LogP contribution is -2.41. The fourth-order valence-corrected chi connectivity index (χ4v) is 1.52. The van der Waals surface area contributed by atoms with Crippen molar-refractivity contribution in [2.75, 3.05) is 19.5 Å². The zero-order valence-corrected chi connectivity index (χ0v) is 10.9. The fourth-order valence-electron chi connectivity index (χ4n) is 1.52. The van der Waals surface area contributed by atoms with Crippen molar-refractivity contribution in [3.05, 3.63) is 29.8 Å². The van der Waals surface area contributed by atoms with E-state index in [2.05, 4.69) is 10.1 Å². The second-order valence-corrected chi connectivity index (χ2v) is 4.28. The molecule has 0 unspecified atom stereocenters. The van der Waals surface area contributed by atoms with Crippen molar-refractivity contribution in [3.63, 3.8) is 0 Å². The maximum atomic E-state index is 11.6. The van der Waals surface area contributed by atoms with E-state index in [0.29, 0.717) is 11.3 Å². The molecular weight excluding hydrogens is 234 g/mol. The average molecular weight is 251 g/mol. The summed E-state index contributed by atoms with van der Waals surface area (Å²) in [6.07, 6.45) is 0. The van der Waals surface area contributed by atoms with Gasteiger partial charge in [0.05, 0.1) is 19.8 Å². The predicted molar refractivity (Wildman–Crippen MR) is 67.5 cm³/mol. The molecular formula is C13H17NO4. The van der Waals surface area contributed by atoms with E-state index in [9.17, 15) is 9.59 Å². The molecule has 0 aliphatic carbocycles. The van der Waals surface area contributed by atoms with Crippen LogP contribution < -0.4 is 5.32 Å². The molecule has 98 valence electrons. The van der Waals surface area contributed by atoms with Crippen LogP contribution in [0.5, 0.6) is 0 Å². The molecule has 18 heavy (non-hydrogen) atoms. The summed E-state index contributed by atoms with van der Waals surface area (Å²) in [5, 5.41) is 2.98. The molecule has 1 rings (SSSR count). The van der Waals surface area contributed by atoms with Crippen molar-refractivity contribution >= 4 is 17.6 Å². The molecule has 1 aromatic rings. The van der Waals surface area contributed by atoms with Crippen molar-refractivity contribution in [2.24, 2.45) is 0 Å². The van der Waals surface area contributed by atoms with Crippen LogP contribution in [0.4, 0.5) is 5.69 Å². The van der Waals surface area contributed by atoms with Crippen LogP contribution >= 0.6 is 0 Å². The minimum absolute atomic E-state index is 0.372. The van der Waals surface area contributed by atoms with Crippen molar-refractivity contribution < 1.29 is 19.1 Å². The van der Waals surface area contributed by atoms with Gasteiger partial charge in [0, 0.05) is 5.69 Å². The Morgan fingerprint density at radius 2 is 1.72 bits per heavy atom. The van der Waals surface area contributed by atoms with Gasteiger partial charge in [0.15, 0.2) is 0 Å². The van der Waals surface area contributed by atoms with E-state index in [1.165, 1.54) is 14.2 Å². The van der Waals surface area contributed by atoms with Crippen LogP contribution in [0.1, 0.15) is 24.2 Å². The van der Waals surface area contributed by atoms with Crippen molar-refractivity contribution in [2.45, 2.75) is 19.4 Å². The first-order valence-corrected chi connectivity index (χ1v) is 5.46. The number of carbonyl (C=O) groups is 2. The standard InChI is InChI=1S/C13H17NO4/c1-13(2,12(16)18-4)14-10-8-6-5-7-9(10)11(15)17-3/h5-8,14H,1-4H3. The first-order chi connectivity index (χ1) is 8.42. The lowest BCUT2D eigenvalue weighted by molar-refractivity contribution is -0.144. The molecule has 0 amide bonds. The number of rotatable bonds is 4. The SMILES string of the molecule is COC(=O)c1ccccc1NC(C)(C)C(=O)OC. The van der Waals surface area contributed by atoms with E-state index >= 15 is 0 Å². The van der Waals surface area contributed by atoms with Crippen LogP contribution in [0, 0.1) is 0 Å². The molecule has 5 heteroatoms. The van der Waals surface area contributed by atoms with Crippen LogP contribution in [-0.2, 0) is 14.3 Å². The average Bonchev–Trinajstić information content (AvgIpc) is 2.37. The molecule has 0 fully saturated rings. The third kappa shape index (κ3) is 3.00. The third-order valence-electron chi connectivity index (χ3n) is 2.48. The predicted octanol–water partition coefficient (Wildman–Crippen LogP) is 1.84. The maximum Gasteiger partial charge on any atom is 0.339 e. The number of nitrogens with one attached hydrogen (secondary N) is 1. The quantitative estimate of drug-likeness (QED) is 0.827. The fraction of sp³-hybridized carbons (Fsp3) is 0.385. The van der Waals surface area contributed by atoms with Gasteiger partial charge in [-0.15, -0.1) is 0 Å². The smallest absolute Gasteiger partial charge is 0.339 e. The van der Waals surface area contributed by atoms with Crippen molar-refractivity contribution in [3.8, 4) is 0 Å². The molecule has 1 aromatic carbocycles. The Kier molecular flexibility index (Phi) is 4.31. The second kappa shape index (κ2) is 5.53. The van der Waals surface area contributed by atoms with Gasteiger partial charge in [0.1, 0.15) is 5.54 Å².